The van der Waals surface area contributed by atoms with Crippen molar-refractivity contribution in [3.8, 4) is 0 Å². The van der Waals surface area contributed by atoms with Crippen molar-refractivity contribution in [1.82, 2.24) is 15.0 Å². The third-order valence-electron chi connectivity index (χ3n) is 3.92. The molecule has 0 aliphatic carbocycles. The number of halogens is 3. The van der Waals surface area contributed by atoms with Crippen molar-refractivity contribution in [3.05, 3.63) is 71.2 Å². The highest BCUT2D eigenvalue weighted by atomic mass is 19.4. The van der Waals surface area contributed by atoms with Crippen LogP contribution in [0.4, 0.5) is 30.6 Å². The molecule has 0 spiro atoms. The van der Waals surface area contributed by atoms with Gasteiger partial charge < -0.3 is 16.8 Å². The van der Waals surface area contributed by atoms with Crippen LogP contribution in [0.25, 0.3) is 0 Å². The van der Waals surface area contributed by atoms with Gasteiger partial charge in [0.25, 0.3) is 5.91 Å². The minimum Gasteiger partial charge on any atom is -0.383 e. The van der Waals surface area contributed by atoms with E-state index in [2.05, 4.69) is 20.3 Å². The average Bonchev–Trinajstić information content (AvgIpc) is 2.67. The average molecular weight is 401 g/mol. The summed E-state index contributed by atoms with van der Waals surface area (Å²) in [7, 11) is 0. The molecular weight excluding hydrogens is 387 g/mol. The monoisotopic (exact) mass is 401 g/mol. The van der Waals surface area contributed by atoms with Crippen LogP contribution in [0.1, 0.15) is 27.0 Å². The predicted molar refractivity (Wildman–Crippen MR) is 100 cm³/mol. The fourth-order valence-electron chi connectivity index (χ4n) is 2.47. The predicted octanol–water partition coefficient (Wildman–Crippen LogP) is 2.72. The molecule has 148 valence electrons. The number of carbonyl (C=O) groups excluding carboxylic acids is 1. The standard InChI is InChI=1S/C18H14F3N7O/c19-18(20,21)11-5-6-25-12(7-11)28-17(29)10-3-1-9(2-4-10)14(22)13-15(23)26-8-27-16(13)24/h1-8,22H,(H,25,28,29)(H4,23,24,26,27). The molecule has 11 heteroatoms. The molecule has 0 saturated carbocycles. The Bertz CT molecular complexity index is 1060. The summed E-state index contributed by atoms with van der Waals surface area (Å²) in [5.74, 6) is -0.805. The Kier molecular flexibility index (Phi) is 5.13. The van der Waals surface area contributed by atoms with Crippen molar-refractivity contribution >= 4 is 29.1 Å². The lowest BCUT2D eigenvalue weighted by molar-refractivity contribution is -0.137. The maximum Gasteiger partial charge on any atom is 0.416 e. The minimum absolute atomic E-state index is 0.0351. The van der Waals surface area contributed by atoms with Gasteiger partial charge in [0.2, 0.25) is 0 Å². The molecule has 0 unspecified atom stereocenters. The number of carbonyl (C=O) groups is 1. The normalized spacial score (nSPS) is 11.1. The zero-order valence-corrected chi connectivity index (χ0v) is 14.7. The molecule has 3 aromatic rings. The Morgan fingerprint density at radius 2 is 1.55 bits per heavy atom. The lowest BCUT2D eigenvalue weighted by atomic mass is 10.0. The number of hydrogen-bond donors (Lipinski definition) is 4. The summed E-state index contributed by atoms with van der Waals surface area (Å²) >= 11 is 0. The number of nitrogens with two attached hydrogens (primary N) is 2. The summed E-state index contributed by atoms with van der Waals surface area (Å²) < 4.78 is 38.3. The van der Waals surface area contributed by atoms with Crippen LogP contribution < -0.4 is 16.8 Å². The largest absolute Gasteiger partial charge is 0.416 e. The highest BCUT2D eigenvalue weighted by Gasteiger charge is 2.30. The number of anilines is 3. The van der Waals surface area contributed by atoms with Gasteiger partial charge in [0.1, 0.15) is 23.8 Å². The number of pyridine rings is 1. The molecule has 0 atom stereocenters. The zero-order chi connectivity index (χ0) is 21.2. The number of hydrogen-bond acceptors (Lipinski definition) is 7. The van der Waals surface area contributed by atoms with Gasteiger partial charge in [-0.05, 0) is 24.3 Å². The van der Waals surface area contributed by atoms with E-state index in [0.717, 1.165) is 18.3 Å². The zero-order valence-electron chi connectivity index (χ0n) is 14.7. The van der Waals surface area contributed by atoms with E-state index in [9.17, 15) is 18.0 Å². The smallest absolute Gasteiger partial charge is 0.383 e. The molecule has 0 saturated heterocycles. The van der Waals surface area contributed by atoms with Crippen LogP contribution in [0.5, 0.6) is 0 Å². The van der Waals surface area contributed by atoms with Gasteiger partial charge in [0, 0.05) is 17.3 Å². The first-order valence-electron chi connectivity index (χ1n) is 8.06. The molecule has 6 N–H and O–H groups in total. The molecular formula is C18H14F3N7O. The molecule has 0 aliphatic rings. The summed E-state index contributed by atoms with van der Waals surface area (Å²) in [6, 6.07) is 7.31. The SMILES string of the molecule is N=C(c1ccc(C(=O)Nc2cc(C(F)(F)F)ccn2)cc1)c1c(N)ncnc1N. The molecule has 8 nitrogen and oxygen atoms in total. The molecule has 1 aromatic carbocycles. The molecule has 3 rings (SSSR count). The molecule has 0 fully saturated rings. The Morgan fingerprint density at radius 3 is 2.14 bits per heavy atom. The maximum atomic E-state index is 12.8. The topological polar surface area (TPSA) is 144 Å². The molecule has 1 amide bonds. The third-order valence-corrected chi connectivity index (χ3v) is 3.92. The number of aromatic nitrogens is 3. The van der Waals surface area contributed by atoms with Crippen molar-refractivity contribution in [2.75, 3.05) is 16.8 Å². The first-order chi connectivity index (χ1) is 13.7. The Labute approximate surface area is 162 Å². The van der Waals surface area contributed by atoms with Crippen molar-refractivity contribution in [2.24, 2.45) is 0 Å². The number of rotatable bonds is 4. The lowest BCUT2D eigenvalue weighted by Crippen LogP contribution is -2.15. The van der Waals surface area contributed by atoms with Crippen molar-refractivity contribution in [3.63, 3.8) is 0 Å². The van der Waals surface area contributed by atoms with Crippen LogP contribution in [0, 0.1) is 5.41 Å². The number of alkyl halides is 3. The maximum absolute atomic E-state index is 12.8. The van der Waals surface area contributed by atoms with Gasteiger partial charge in [0.05, 0.1) is 16.8 Å². The van der Waals surface area contributed by atoms with Crippen LogP contribution in [0.2, 0.25) is 0 Å². The van der Waals surface area contributed by atoms with E-state index in [4.69, 9.17) is 16.9 Å². The van der Waals surface area contributed by atoms with Gasteiger partial charge in [-0.1, -0.05) is 12.1 Å². The van der Waals surface area contributed by atoms with Crippen LogP contribution >= 0.6 is 0 Å². The van der Waals surface area contributed by atoms with E-state index < -0.39 is 17.6 Å². The number of nitrogens with one attached hydrogen (secondary N) is 2. The van der Waals surface area contributed by atoms with Crippen LogP contribution in [-0.4, -0.2) is 26.6 Å². The first-order valence-corrected chi connectivity index (χ1v) is 8.06. The number of benzene rings is 1. The Hall–Kier alpha value is -4.02. The number of amides is 1. The second kappa shape index (κ2) is 7.54. The summed E-state index contributed by atoms with van der Waals surface area (Å²) in [4.78, 5) is 23.6. The van der Waals surface area contributed by atoms with Gasteiger partial charge >= 0.3 is 6.18 Å². The molecule has 0 bridgehead atoms. The third kappa shape index (κ3) is 4.29. The molecule has 2 heterocycles. The highest BCUT2D eigenvalue weighted by Crippen LogP contribution is 2.30. The Morgan fingerprint density at radius 1 is 0.966 bits per heavy atom. The summed E-state index contributed by atoms with van der Waals surface area (Å²) in [5.41, 5.74) is 11.2. The van der Waals surface area contributed by atoms with E-state index in [0.29, 0.717) is 5.56 Å². The number of nitrogens with zero attached hydrogens (tertiary/aromatic N) is 3. The van der Waals surface area contributed by atoms with Gasteiger partial charge in [-0.15, -0.1) is 0 Å². The van der Waals surface area contributed by atoms with Crippen LogP contribution in [0.3, 0.4) is 0 Å². The van der Waals surface area contributed by atoms with E-state index in [-0.39, 0.29) is 34.3 Å². The molecule has 2 aromatic heterocycles. The lowest BCUT2D eigenvalue weighted by Gasteiger charge is -2.10. The van der Waals surface area contributed by atoms with Gasteiger partial charge in [-0.2, -0.15) is 13.2 Å². The van der Waals surface area contributed by atoms with Gasteiger partial charge in [-0.25, -0.2) is 15.0 Å². The summed E-state index contributed by atoms with van der Waals surface area (Å²) in [6.07, 6.45) is -2.41. The fourth-order valence-corrected chi connectivity index (χ4v) is 2.47. The van der Waals surface area contributed by atoms with Gasteiger partial charge in [-0.3, -0.25) is 10.2 Å². The van der Waals surface area contributed by atoms with Gasteiger partial charge in [0.15, 0.2) is 0 Å². The number of nitrogen functional groups attached to an aromatic ring is 2. The molecule has 29 heavy (non-hydrogen) atoms. The minimum atomic E-state index is -4.55. The van der Waals surface area contributed by atoms with Crippen molar-refractivity contribution in [2.45, 2.75) is 6.18 Å². The molecule has 0 radical (unpaired) electrons. The summed E-state index contributed by atoms with van der Waals surface area (Å²) in [5, 5.41) is 10.5. The van der Waals surface area contributed by atoms with Crippen LogP contribution in [-0.2, 0) is 6.18 Å². The van der Waals surface area contributed by atoms with Crippen molar-refractivity contribution in [1.29, 1.82) is 5.41 Å². The Balaban J connectivity index is 1.78. The highest BCUT2D eigenvalue weighted by molar-refractivity contribution is 6.16. The first kappa shape index (κ1) is 19.7. The van der Waals surface area contributed by atoms with E-state index >= 15 is 0 Å². The van der Waals surface area contributed by atoms with Crippen molar-refractivity contribution < 1.29 is 18.0 Å². The fraction of sp³-hybridized carbons (Fsp3) is 0.0556. The van der Waals surface area contributed by atoms with E-state index in [1.807, 2.05) is 0 Å². The quantitative estimate of drug-likeness (QED) is 0.495. The van der Waals surface area contributed by atoms with E-state index in [1.54, 1.807) is 0 Å². The molecule has 0 aliphatic heterocycles. The second-order valence-electron chi connectivity index (χ2n) is 5.85. The summed E-state index contributed by atoms with van der Waals surface area (Å²) in [6.45, 7) is 0. The second-order valence-corrected chi connectivity index (χ2v) is 5.85. The van der Waals surface area contributed by atoms with Crippen LogP contribution in [0.15, 0.2) is 48.9 Å². The van der Waals surface area contributed by atoms with E-state index in [1.165, 1.54) is 30.6 Å².